The van der Waals surface area contributed by atoms with Gasteiger partial charge in [0.1, 0.15) is 11.6 Å². The molecule has 4 nitrogen and oxygen atoms in total. The van der Waals surface area contributed by atoms with Gasteiger partial charge < -0.3 is 10.1 Å². The number of halogens is 1. The molecule has 0 radical (unpaired) electrons. The number of benzene rings is 1. The predicted octanol–water partition coefficient (Wildman–Crippen LogP) is 4.28. The van der Waals surface area contributed by atoms with E-state index in [9.17, 15) is 4.79 Å². The largest absolute Gasteiger partial charge is 0.494 e. The number of anilines is 1. The van der Waals surface area contributed by atoms with E-state index in [1.54, 1.807) is 18.3 Å². The molecule has 2 rings (SSSR count). The van der Waals surface area contributed by atoms with Crippen molar-refractivity contribution in [3.05, 3.63) is 58.7 Å². The number of hydrogen-bond acceptors (Lipinski definition) is 3. The molecule has 0 aliphatic rings. The first-order valence-corrected chi connectivity index (χ1v) is 7.80. The zero-order valence-corrected chi connectivity index (χ0v) is 13.8. The lowest BCUT2D eigenvalue weighted by molar-refractivity contribution is -0.111. The number of nitrogens with zero attached hydrogens (tertiary/aromatic N) is 1. The van der Waals surface area contributed by atoms with Crippen molar-refractivity contribution >= 4 is 33.7 Å². The van der Waals surface area contributed by atoms with E-state index in [4.69, 9.17) is 4.74 Å². The number of hydrogen-bond donors (Lipinski definition) is 1. The third-order valence-corrected chi connectivity index (χ3v) is 3.23. The number of amides is 1. The molecule has 0 unspecified atom stereocenters. The molecule has 2 aromatic rings. The van der Waals surface area contributed by atoms with E-state index in [1.807, 2.05) is 30.3 Å². The number of carbonyl (C=O) groups is 1. The maximum atomic E-state index is 11.8. The SMILES string of the molecule is CCCOc1ccc(/C=C/C(=O)Nc2ccc(Br)cn2)cc1. The van der Waals surface area contributed by atoms with Crippen LogP contribution in [0.3, 0.4) is 0 Å². The quantitative estimate of drug-likeness (QED) is 0.782. The van der Waals surface area contributed by atoms with Crippen LogP contribution < -0.4 is 10.1 Å². The molecule has 0 saturated heterocycles. The molecular weight excluding hydrogens is 344 g/mol. The van der Waals surface area contributed by atoms with E-state index < -0.39 is 0 Å². The fraction of sp³-hybridized carbons (Fsp3) is 0.176. The van der Waals surface area contributed by atoms with Crippen LogP contribution in [0.2, 0.25) is 0 Å². The summed E-state index contributed by atoms with van der Waals surface area (Å²) < 4.78 is 6.38. The molecule has 1 amide bonds. The topological polar surface area (TPSA) is 51.2 Å². The van der Waals surface area contributed by atoms with Crippen LogP contribution in [0.5, 0.6) is 5.75 Å². The number of aromatic nitrogens is 1. The second kappa shape index (κ2) is 8.34. The van der Waals surface area contributed by atoms with Gasteiger partial charge in [0, 0.05) is 16.7 Å². The fourth-order valence-electron chi connectivity index (χ4n) is 1.68. The molecule has 0 aliphatic heterocycles. The molecule has 0 fully saturated rings. The van der Waals surface area contributed by atoms with Crippen molar-refractivity contribution in [2.24, 2.45) is 0 Å². The first-order chi connectivity index (χ1) is 10.7. The number of ether oxygens (including phenoxy) is 1. The normalized spacial score (nSPS) is 10.6. The zero-order valence-electron chi connectivity index (χ0n) is 12.3. The molecule has 0 aliphatic carbocycles. The Balaban J connectivity index is 1.90. The van der Waals surface area contributed by atoms with Gasteiger partial charge in [-0.2, -0.15) is 0 Å². The molecule has 1 N–H and O–H groups in total. The van der Waals surface area contributed by atoms with Gasteiger partial charge in [-0.3, -0.25) is 4.79 Å². The summed E-state index contributed by atoms with van der Waals surface area (Å²) in [6, 6.07) is 11.2. The van der Waals surface area contributed by atoms with Crippen LogP contribution >= 0.6 is 15.9 Å². The Kier molecular flexibility index (Phi) is 6.15. The minimum atomic E-state index is -0.221. The van der Waals surface area contributed by atoms with Crippen molar-refractivity contribution in [3.8, 4) is 5.75 Å². The van der Waals surface area contributed by atoms with Gasteiger partial charge in [0.05, 0.1) is 6.61 Å². The molecule has 5 heteroatoms. The van der Waals surface area contributed by atoms with Crippen molar-refractivity contribution in [3.63, 3.8) is 0 Å². The summed E-state index contributed by atoms with van der Waals surface area (Å²) in [7, 11) is 0. The lowest BCUT2D eigenvalue weighted by Crippen LogP contribution is -2.08. The second-order valence-corrected chi connectivity index (χ2v) is 5.52. The monoisotopic (exact) mass is 360 g/mol. The molecule has 0 atom stereocenters. The zero-order chi connectivity index (χ0) is 15.8. The van der Waals surface area contributed by atoms with Gasteiger partial charge in [-0.15, -0.1) is 0 Å². The van der Waals surface area contributed by atoms with Crippen LogP contribution in [0.1, 0.15) is 18.9 Å². The standard InChI is InChI=1S/C17H17BrN2O2/c1-2-11-22-15-7-3-13(4-8-15)5-10-17(21)20-16-9-6-14(18)12-19-16/h3-10,12H,2,11H2,1H3,(H,19,20,21)/b10-5+. The summed E-state index contributed by atoms with van der Waals surface area (Å²) in [5, 5.41) is 2.70. The number of nitrogens with one attached hydrogen (secondary N) is 1. The summed E-state index contributed by atoms with van der Waals surface area (Å²) in [5.41, 5.74) is 0.933. The third-order valence-electron chi connectivity index (χ3n) is 2.76. The van der Waals surface area contributed by atoms with Gasteiger partial charge in [0.2, 0.25) is 5.91 Å². The average Bonchev–Trinajstić information content (AvgIpc) is 2.54. The second-order valence-electron chi connectivity index (χ2n) is 4.60. The maximum absolute atomic E-state index is 11.8. The van der Waals surface area contributed by atoms with Gasteiger partial charge >= 0.3 is 0 Å². The Bertz CT molecular complexity index is 637. The predicted molar refractivity (Wildman–Crippen MR) is 91.8 cm³/mol. The highest BCUT2D eigenvalue weighted by atomic mass is 79.9. The number of pyridine rings is 1. The minimum absolute atomic E-state index is 0.221. The van der Waals surface area contributed by atoms with Gasteiger partial charge in [-0.1, -0.05) is 19.1 Å². The van der Waals surface area contributed by atoms with Crippen molar-refractivity contribution < 1.29 is 9.53 Å². The fourth-order valence-corrected chi connectivity index (χ4v) is 1.92. The summed E-state index contributed by atoms with van der Waals surface area (Å²) in [5.74, 6) is 1.13. The van der Waals surface area contributed by atoms with Gasteiger partial charge in [0.15, 0.2) is 0 Å². The number of rotatable bonds is 6. The molecule has 22 heavy (non-hydrogen) atoms. The van der Waals surface area contributed by atoms with Crippen molar-refractivity contribution in [2.45, 2.75) is 13.3 Å². The van der Waals surface area contributed by atoms with Crippen molar-refractivity contribution in [1.82, 2.24) is 4.98 Å². The van der Waals surface area contributed by atoms with Crippen LogP contribution in [0.15, 0.2) is 53.1 Å². The van der Waals surface area contributed by atoms with E-state index >= 15 is 0 Å². The maximum Gasteiger partial charge on any atom is 0.249 e. The molecular formula is C17H17BrN2O2. The first kappa shape index (κ1) is 16.2. The minimum Gasteiger partial charge on any atom is -0.494 e. The summed E-state index contributed by atoms with van der Waals surface area (Å²) in [6.07, 6.45) is 5.84. The van der Waals surface area contributed by atoms with Crippen LogP contribution in [-0.2, 0) is 4.79 Å². The highest BCUT2D eigenvalue weighted by Crippen LogP contribution is 2.14. The summed E-state index contributed by atoms with van der Waals surface area (Å²) >= 11 is 3.29. The first-order valence-electron chi connectivity index (χ1n) is 7.01. The van der Waals surface area contributed by atoms with E-state index in [0.717, 1.165) is 22.2 Å². The Morgan fingerprint density at radius 1 is 1.27 bits per heavy atom. The van der Waals surface area contributed by atoms with Crippen molar-refractivity contribution in [1.29, 1.82) is 0 Å². The highest BCUT2D eigenvalue weighted by molar-refractivity contribution is 9.10. The lowest BCUT2D eigenvalue weighted by Gasteiger charge is -2.04. The van der Waals surface area contributed by atoms with Gasteiger partial charge in [-0.25, -0.2) is 4.98 Å². The lowest BCUT2D eigenvalue weighted by atomic mass is 10.2. The van der Waals surface area contributed by atoms with E-state index in [-0.39, 0.29) is 5.91 Å². The third kappa shape index (κ3) is 5.33. The Morgan fingerprint density at radius 2 is 2.05 bits per heavy atom. The average molecular weight is 361 g/mol. The smallest absolute Gasteiger partial charge is 0.249 e. The van der Waals surface area contributed by atoms with Crippen LogP contribution in [0, 0.1) is 0 Å². The Hall–Kier alpha value is -2.14. The molecule has 0 bridgehead atoms. The highest BCUT2D eigenvalue weighted by Gasteiger charge is 1.99. The van der Waals surface area contributed by atoms with E-state index in [2.05, 4.69) is 33.2 Å². The van der Waals surface area contributed by atoms with Crippen LogP contribution in [0.25, 0.3) is 6.08 Å². The van der Waals surface area contributed by atoms with E-state index in [1.165, 1.54) is 6.08 Å². The summed E-state index contributed by atoms with van der Waals surface area (Å²) in [6.45, 7) is 2.77. The van der Waals surface area contributed by atoms with Crippen LogP contribution in [-0.4, -0.2) is 17.5 Å². The Morgan fingerprint density at radius 3 is 2.68 bits per heavy atom. The van der Waals surface area contributed by atoms with Gasteiger partial charge in [0.25, 0.3) is 0 Å². The Labute approximate surface area is 138 Å². The molecule has 114 valence electrons. The molecule has 1 aromatic heterocycles. The molecule has 0 spiro atoms. The molecule has 1 aromatic carbocycles. The van der Waals surface area contributed by atoms with Crippen molar-refractivity contribution in [2.75, 3.05) is 11.9 Å². The van der Waals surface area contributed by atoms with Gasteiger partial charge in [-0.05, 0) is 58.3 Å². The van der Waals surface area contributed by atoms with Crippen LogP contribution in [0.4, 0.5) is 5.82 Å². The number of carbonyl (C=O) groups excluding carboxylic acids is 1. The molecule has 1 heterocycles. The summed E-state index contributed by atoms with van der Waals surface area (Å²) in [4.78, 5) is 15.9. The van der Waals surface area contributed by atoms with E-state index in [0.29, 0.717) is 12.4 Å². The molecule has 0 saturated carbocycles.